The third-order valence-electron chi connectivity index (χ3n) is 7.70. The molecule has 6 nitrogen and oxygen atoms in total. The Hall–Kier alpha value is -4.84. The molecular formula is C38H39NO5. The number of rotatable bonds is 11. The highest BCUT2D eigenvalue weighted by molar-refractivity contribution is 5.78. The van der Waals surface area contributed by atoms with Gasteiger partial charge in [-0.1, -0.05) is 87.5 Å². The molecule has 44 heavy (non-hydrogen) atoms. The van der Waals surface area contributed by atoms with Gasteiger partial charge in [-0.3, -0.25) is 0 Å². The van der Waals surface area contributed by atoms with Crippen molar-refractivity contribution in [2.45, 2.75) is 58.5 Å². The minimum Gasteiger partial charge on any atom is -0.493 e. The van der Waals surface area contributed by atoms with E-state index >= 15 is 0 Å². The standard InChI is InChI=1S/C38H39NO5/c1-26-34(39-35(43-26)30-18-16-29(17-19-30)28-10-7-6-8-11-28)22-23-42-32-20-14-27(15-21-32)25-38(5,36(40)41)44-33-13-9-12-31(24-33)37(2,3)4/h6-21,24H,22-23,25H2,1-5H3,(H,40,41). The molecule has 0 fully saturated rings. The molecule has 226 valence electrons. The summed E-state index contributed by atoms with van der Waals surface area (Å²) in [5.41, 5.74) is 4.51. The number of hydrogen-bond donors (Lipinski definition) is 1. The molecule has 0 aliphatic heterocycles. The first-order valence-corrected chi connectivity index (χ1v) is 14.9. The van der Waals surface area contributed by atoms with Crippen LogP contribution in [-0.2, 0) is 23.1 Å². The second-order valence-electron chi connectivity index (χ2n) is 12.3. The van der Waals surface area contributed by atoms with E-state index in [1.165, 1.54) is 5.56 Å². The fraction of sp³-hybridized carbons (Fsp3) is 0.263. The second kappa shape index (κ2) is 12.8. The van der Waals surface area contributed by atoms with Gasteiger partial charge in [-0.05, 0) is 77.9 Å². The van der Waals surface area contributed by atoms with E-state index in [4.69, 9.17) is 18.9 Å². The number of aliphatic carboxylic acids is 1. The van der Waals surface area contributed by atoms with Crippen molar-refractivity contribution in [3.05, 3.63) is 126 Å². The van der Waals surface area contributed by atoms with Gasteiger partial charge in [0.25, 0.3) is 0 Å². The summed E-state index contributed by atoms with van der Waals surface area (Å²) in [6, 6.07) is 33.6. The third kappa shape index (κ3) is 7.38. The van der Waals surface area contributed by atoms with E-state index in [1.54, 1.807) is 13.0 Å². The Bertz CT molecular complexity index is 1700. The summed E-state index contributed by atoms with van der Waals surface area (Å²) in [6.07, 6.45) is 0.799. The number of carboxylic acid groups (broad SMARTS) is 1. The van der Waals surface area contributed by atoms with Gasteiger partial charge in [0.1, 0.15) is 17.3 Å². The lowest BCUT2D eigenvalue weighted by atomic mass is 9.87. The Balaban J connectivity index is 1.17. The number of carbonyl (C=O) groups is 1. The van der Waals surface area contributed by atoms with E-state index in [9.17, 15) is 9.90 Å². The molecule has 1 N–H and O–H groups in total. The Morgan fingerprint density at radius 2 is 1.45 bits per heavy atom. The van der Waals surface area contributed by atoms with Crippen molar-refractivity contribution < 1.29 is 23.8 Å². The zero-order valence-corrected chi connectivity index (χ0v) is 26.0. The number of carboxylic acids is 1. The van der Waals surface area contributed by atoms with Crippen molar-refractivity contribution in [2.24, 2.45) is 0 Å². The van der Waals surface area contributed by atoms with E-state index in [-0.39, 0.29) is 11.8 Å². The van der Waals surface area contributed by atoms with Gasteiger partial charge in [0.2, 0.25) is 11.5 Å². The first-order chi connectivity index (χ1) is 21.0. The average Bonchev–Trinajstić information content (AvgIpc) is 3.38. The van der Waals surface area contributed by atoms with E-state index < -0.39 is 11.6 Å². The molecule has 1 aromatic heterocycles. The van der Waals surface area contributed by atoms with Crippen molar-refractivity contribution in [3.63, 3.8) is 0 Å². The molecule has 6 heteroatoms. The zero-order valence-electron chi connectivity index (χ0n) is 26.0. The maximum atomic E-state index is 12.3. The molecule has 1 heterocycles. The molecule has 0 radical (unpaired) electrons. The van der Waals surface area contributed by atoms with Gasteiger partial charge in [-0.15, -0.1) is 0 Å². The molecule has 4 aromatic carbocycles. The van der Waals surface area contributed by atoms with Gasteiger partial charge in [0.05, 0.1) is 12.3 Å². The number of ether oxygens (including phenoxy) is 2. The van der Waals surface area contributed by atoms with Gasteiger partial charge in [0, 0.05) is 18.4 Å². The maximum absolute atomic E-state index is 12.3. The predicted octanol–water partition coefficient (Wildman–Crippen LogP) is 8.70. The summed E-state index contributed by atoms with van der Waals surface area (Å²) in [4.78, 5) is 17.0. The summed E-state index contributed by atoms with van der Waals surface area (Å²) >= 11 is 0. The topological polar surface area (TPSA) is 81.8 Å². The molecule has 0 aliphatic rings. The molecule has 0 aliphatic carbocycles. The van der Waals surface area contributed by atoms with E-state index in [0.29, 0.717) is 30.4 Å². The highest BCUT2D eigenvalue weighted by atomic mass is 16.5. The quantitative estimate of drug-likeness (QED) is 0.166. The van der Waals surface area contributed by atoms with Crippen LogP contribution in [0.2, 0.25) is 0 Å². The normalized spacial score (nSPS) is 12.8. The van der Waals surface area contributed by atoms with E-state index in [0.717, 1.165) is 33.7 Å². The van der Waals surface area contributed by atoms with Crippen molar-refractivity contribution in [1.82, 2.24) is 4.98 Å². The molecule has 1 unspecified atom stereocenters. The smallest absolute Gasteiger partial charge is 0.348 e. The number of oxazole rings is 1. The maximum Gasteiger partial charge on any atom is 0.348 e. The Labute approximate surface area is 259 Å². The van der Waals surface area contributed by atoms with Crippen molar-refractivity contribution in [3.8, 4) is 34.1 Å². The van der Waals surface area contributed by atoms with Crippen LogP contribution in [0.3, 0.4) is 0 Å². The van der Waals surface area contributed by atoms with Crippen molar-refractivity contribution in [2.75, 3.05) is 6.61 Å². The van der Waals surface area contributed by atoms with Crippen LogP contribution in [0.25, 0.3) is 22.6 Å². The average molecular weight is 590 g/mol. The van der Waals surface area contributed by atoms with E-state index in [1.807, 2.05) is 79.7 Å². The van der Waals surface area contributed by atoms with Crippen LogP contribution in [0, 0.1) is 6.92 Å². The number of hydrogen-bond acceptors (Lipinski definition) is 5. The highest BCUT2D eigenvalue weighted by Gasteiger charge is 2.36. The number of aromatic nitrogens is 1. The summed E-state index contributed by atoms with van der Waals surface area (Å²) in [5, 5.41) is 10.1. The minimum absolute atomic E-state index is 0.0709. The van der Waals surface area contributed by atoms with Crippen LogP contribution in [0.4, 0.5) is 0 Å². The van der Waals surface area contributed by atoms with Crippen molar-refractivity contribution >= 4 is 5.97 Å². The molecule has 0 bridgehead atoms. The fourth-order valence-corrected chi connectivity index (χ4v) is 5.02. The lowest BCUT2D eigenvalue weighted by Crippen LogP contribution is -2.43. The second-order valence-corrected chi connectivity index (χ2v) is 12.3. The van der Waals surface area contributed by atoms with E-state index in [2.05, 4.69) is 45.0 Å². The predicted molar refractivity (Wildman–Crippen MR) is 173 cm³/mol. The molecular weight excluding hydrogens is 550 g/mol. The van der Waals surface area contributed by atoms with Gasteiger partial charge in [-0.2, -0.15) is 0 Å². The third-order valence-corrected chi connectivity index (χ3v) is 7.70. The number of aryl methyl sites for hydroxylation is 1. The highest BCUT2D eigenvalue weighted by Crippen LogP contribution is 2.30. The molecule has 1 atom stereocenters. The van der Waals surface area contributed by atoms with Crippen molar-refractivity contribution in [1.29, 1.82) is 0 Å². The SMILES string of the molecule is Cc1oc(-c2ccc(-c3ccccc3)cc2)nc1CCOc1ccc(CC(C)(Oc2cccc(C(C)(C)C)c2)C(=O)O)cc1. The summed E-state index contributed by atoms with van der Waals surface area (Å²) in [6.45, 7) is 10.3. The lowest BCUT2D eigenvalue weighted by molar-refractivity contribution is -0.153. The molecule has 0 saturated heterocycles. The monoisotopic (exact) mass is 589 g/mol. The zero-order chi connectivity index (χ0) is 31.3. The fourth-order valence-electron chi connectivity index (χ4n) is 5.02. The molecule has 0 amide bonds. The Kier molecular flexibility index (Phi) is 8.91. The van der Waals surface area contributed by atoms with Crippen LogP contribution in [0.5, 0.6) is 11.5 Å². The van der Waals surface area contributed by atoms with Crippen LogP contribution < -0.4 is 9.47 Å². The first-order valence-electron chi connectivity index (χ1n) is 14.9. The lowest BCUT2D eigenvalue weighted by Gasteiger charge is -2.28. The number of benzene rings is 4. The van der Waals surface area contributed by atoms with Crippen LogP contribution in [0.15, 0.2) is 108 Å². The first kappa shape index (κ1) is 30.6. The summed E-state index contributed by atoms with van der Waals surface area (Å²) < 4.78 is 18.0. The van der Waals surface area contributed by atoms with Crippen LogP contribution in [0.1, 0.15) is 50.3 Å². The minimum atomic E-state index is -1.43. The van der Waals surface area contributed by atoms with Crippen LogP contribution >= 0.6 is 0 Å². The summed E-state index contributed by atoms with van der Waals surface area (Å²) in [5.74, 6) is 1.58. The number of nitrogens with zero attached hydrogens (tertiary/aromatic N) is 1. The Morgan fingerprint density at radius 1 is 0.795 bits per heavy atom. The molecule has 5 rings (SSSR count). The van der Waals surface area contributed by atoms with Gasteiger partial charge in [-0.25, -0.2) is 9.78 Å². The molecule has 0 saturated carbocycles. The van der Waals surface area contributed by atoms with Gasteiger partial charge >= 0.3 is 5.97 Å². The largest absolute Gasteiger partial charge is 0.493 e. The van der Waals surface area contributed by atoms with Crippen LogP contribution in [-0.4, -0.2) is 28.3 Å². The van der Waals surface area contributed by atoms with Gasteiger partial charge in [0.15, 0.2) is 0 Å². The Morgan fingerprint density at radius 3 is 2.11 bits per heavy atom. The van der Waals surface area contributed by atoms with Gasteiger partial charge < -0.3 is 19.0 Å². The molecule has 5 aromatic rings. The summed E-state index contributed by atoms with van der Waals surface area (Å²) in [7, 11) is 0. The molecule has 0 spiro atoms.